The highest BCUT2D eigenvalue weighted by molar-refractivity contribution is 6.19. The van der Waals surface area contributed by atoms with Gasteiger partial charge in [-0.25, -0.2) is 4.99 Å². The van der Waals surface area contributed by atoms with E-state index in [1.807, 2.05) is 36.1 Å². The molecular formula is C19H18N4O. The molecule has 2 aromatic carbocycles. The Hall–Kier alpha value is -2.95. The third kappa shape index (κ3) is 2.38. The van der Waals surface area contributed by atoms with Crippen LogP contribution < -0.4 is 10.6 Å². The molecule has 1 amide bonds. The summed E-state index contributed by atoms with van der Waals surface area (Å²) < 4.78 is 0. The molecule has 2 N–H and O–H groups in total. The van der Waals surface area contributed by atoms with E-state index in [9.17, 15) is 4.79 Å². The number of aliphatic imine (C=N–C) groups is 2. The average molecular weight is 318 g/mol. The maximum absolute atomic E-state index is 13.0. The van der Waals surface area contributed by atoms with Crippen LogP contribution in [0.1, 0.15) is 29.3 Å². The van der Waals surface area contributed by atoms with Crippen molar-refractivity contribution in [1.82, 2.24) is 0 Å². The van der Waals surface area contributed by atoms with E-state index in [0.717, 1.165) is 29.2 Å². The molecule has 2 aliphatic heterocycles. The summed E-state index contributed by atoms with van der Waals surface area (Å²) in [6, 6.07) is 15.0. The highest BCUT2D eigenvalue weighted by Gasteiger charge is 2.32. The second-order valence-electron chi connectivity index (χ2n) is 6.07. The van der Waals surface area contributed by atoms with Crippen LogP contribution in [0.2, 0.25) is 0 Å². The number of anilines is 2. The van der Waals surface area contributed by atoms with E-state index >= 15 is 0 Å². The lowest BCUT2D eigenvalue weighted by atomic mass is 10.0. The second kappa shape index (κ2) is 5.60. The summed E-state index contributed by atoms with van der Waals surface area (Å²) in [6.07, 6.45) is 0.769. The number of amidine groups is 1. The Morgan fingerprint density at radius 3 is 2.71 bits per heavy atom. The number of fused-ring (bicyclic) bond motifs is 3. The van der Waals surface area contributed by atoms with Crippen LogP contribution >= 0.6 is 0 Å². The van der Waals surface area contributed by atoms with Gasteiger partial charge >= 0.3 is 0 Å². The van der Waals surface area contributed by atoms with E-state index in [2.05, 4.69) is 9.98 Å². The van der Waals surface area contributed by atoms with Gasteiger partial charge in [-0.15, -0.1) is 0 Å². The molecule has 2 aromatic rings. The number of amides is 1. The number of para-hydroxylation sites is 1. The number of carbonyl (C=O) groups is 1. The normalized spacial score (nSPS) is 19.0. The third-order valence-corrected chi connectivity index (χ3v) is 4.44. The SMILES string of the molecule is CC1=N[C@H]2CCN(C(=O)c3ccc(N)cc3)c3ccccc3C2=N1. The lowest BCUT2D eigenvalue weighted by molar-refractivity contribution is 0.0987. The summed E-state index contributed by atoms with van der Waals surface area (Å²) in [4.78, 5) is 24.1. The molecule has 0 saturated carbocycles. The van der Waals surface area contributed by atoms with Crippen molar-refractivity contribution >= 4 is 28.8 Å². The molecule has 0 saturated heterocycles. The molecule has 5 heteroatoms. The summed E-state index contributed by atoms with van der Waals surface area (Å²) in [6.45, 7) is 2.53. The number of nitrogens with zero attached hydrogens (tertiary/aromatic N) is 3. The first kappa shape index (κ1) is 14.6. The van der Waals surface area contributed by atoms with Crippen LogP contribution in [0, 0.1) is 0 Å². The predicted octanol–water partition coefficient (Wildman–Crippen LogP) is 2.91. The predicted molar refractivity (Wildman–Crippen MR) is 97.0 cm³/mol. The van der Waals surface area contributed by atoms with E-state index in [-0.39, 0.29) is 11.9 Å². The quantitative estimate of drug-likeness (QED) is 0.821. The molecule has 120 valence electrons. The monoisotopic (exact) mass is 318 g/mol. The van der Waals surface area contributed by atoms with Gasteiger partial charge in [0.25, 0.3) is 5.91 Å². The van der Waals surface area contributed by atoms with Crippen molar-refractivity contribution in [3.63, 3.8) is 0 Å². The average Bonchev–Trinajstić information content (AvgIpc) is 2.89. The van der Waals surface area contributed by atoms with Crippen LogP contribution in [0.15, 0.2) is 58.5 Å². The molecule has 0 spiro atoms. The Bertz CT molecular complexity index is 867. The van der Waals surface area contributed by atoms with Crippen molar-refractivity contribution < 1.29 is 4.79 Å². The fourth-order valence-electron chi connectivity index (χ4n) is 3.30. The van der Waals surface area contributed by atoms with Crippen molar-refractivity contribution in [3.05, 3.63) is 59.7 Å². The number of nitrogen functional groups attached to an aromatic ring is 1. The van der Waals surface area contributed by atoms with Crippen molar-refractivity contribution in [3.8, 4) is 0 Å². The van der Waals surface area contributed by atoms with Gasteiger partial charge in [0.2, 0.25) is 0 Å². The fraction of sp³-hybridized carbons (Fsp3) is 0.211. The Morgan fingerprint density at radius 1 is 1.17 bits per heavy atom. The summed E-state index contributed by atoms with van der Waals surface area (Å²) >= 11 is 0. The second-order valence-corrected chi connectivity index (χ2v) is 6.07. The zero-order valence-electron chi connectivity index (χ0n) is 13.4. The van der Waals surface area contributed by atoms with Crippen molar-refractivity contribution in [2.45, 2.75) is 19.4 Å². The lowest BCUT2D eigenvalue weighted by Crippen LogP contribution is -2.32. The Morgan fingerprint density at radius 2 is 1.92 bits per heavy atom. The maximum Gasteiger partial charge on any atom is 0.258 e. The highest BCUT2D eigenvalue weighted by atomic mass is 16.2. The van der Waals surface area contributed by atoms with Gasteiger partial charge in [-0.3, -0.25) is 9.79 Å². The largest absolute Gasteiger partial charge is 0.399 e. The van der Waals surface area contributed by atoms with Gasteiger partial charge in [0.05, 0.1) is 17.4 Å². The number of hydrogen-bond donors (Lipinski definition) is 1. The standard InChI is InChI=1S/C19H18N4O/c1-12-21-16-10-11-23(19(24)13-6-8-14(20)9-7-13)17-5-3-2-4-15(17)18(16)22-12/h2-9,16H,10-11,20H2,1H3/t16-/m0/s1. The smallest absolute Gasteiger partial charge is 0.258 e. The summed E-state index contributed by atoms with van der Waals surface area (Å²) in [5.74, 6) is 0.784. The van der Waals surface area contributed by atoms with Gasteiger partial charge in [0, 0.05) is 23.4 Å². The van der Waals surface area contributed by atoms with Crippen LogP contribution in [0.4, 0.5) is 11.4 Å². The lowest BCUT2D eigenvalue weighted by Gasteiger charge is -2.23. The van der Waals surface area contributed by atoms with Crippen molar-refractivity contribution in [2.75, 3.05) is 17.2 Å². The van der Waals surface area contributed by atoms with E-state index < -0.39 is 0 Å². The van der Waals surface area contributed by atoms with Gasteiger partial charge in [0.1, 0.15) is 5.84 Å². The summed E-state index contributed by atoms with van der Waals surface area (Å²) in [5.41, 5.74) is 9.86. The van der Waals surface area contributed by atoms with Gasteiger partial charge < -0.3 is 10.6 Å². The molecule has 0 aromatic heterocycles. The first-order valence-electron chi connectivity index (χ1n) is 8.03. The minimum absolute atomic E-state index is 0.0243. The molecule has 4 rings (SSSR count). The Kier molecular flexibility index (Phi) is 3.41. The number of rotatable bonds is 1. The van der Waals surface area contributed by atoms with Gasteiger partial charge in [-0.1, -0.05) is 18.2 Å². The van der Waals surface area contributed by atoms with Crippen LogP contribution in [-0.4, -0.2) is 30.0 Å². The Balaban J connectivity index is 1.77. The van der Waals surface area contributed by atoms with E-state index in [1.165, 1.54) is 0 Å². The van der Waals surface area contributed by atoms with Crippen LogP contribution in [0.25, 0.3) is 0 Å². The van der Waals surface area contributed by atoms with Gasteiger partial charge in [-0.2, -0.15) is 0 Å². The van der Waals surface area contributed by atoms with Crippen molar-refractivity contribution in [2.24, 2.45) is 9.98 Å². The molecule has 0 radical (unpaired) electrons. The topological polar surface area (TPSA) is 71.0 Å². The first-order chi connectivity index (χ1) is 11.6. The molecule has 5 nitrogen and oxygen atoms in total. The van der Waals surface area contributed by atoms with Gasteiger partial charge in [0.15, 0.2) is 0 Å². The summed E-state index contributed by atoms with van der Waals surface area (Å²) in [5, 5.41) is 0. The molecule has 1 atom stereocenters. The summed E-state index contributed by atoms with van der Waals surface area (Å²) in [7, 11) is 0. The van der Waals surface area contributed by atoms with Crippen LogP contribution in [0.3, 0.4) is 0 Å². The number of nitrogens with two attached hydrogens (primary N) is 1. The molecule has 2 heterocycles. The molecule has 0 fully saturated rings. The van der Waals surface area contributed by atoms with E-state index in [4.69, 9.17) is 5.73 Å². The van der Waals surface area contributed by atoms with Crippen molar-refractivity contribution in [1.29, 1.82) is 0 Å². The zero-order chi connectivity index (χ0) is 16.7. The number of carbonyl (C=O) groups excluding carboxylic acids is 1. The van der Waals surface area contributed by atoms with Crippen LogP contribution in [0.5, 0.6) is 0 Å². The number of hydrogen-bond acceptors (Lipinski definition) is 4. The minimum Gasteiger partial charge on any atom is -0.399 e. The molecule has 24 heavy (non-hydrogen) atoms. The first-order valence-corrected chi connectivity index (χ1v) is 8.03. The van der Waals surface area contributed by atoms with Gasteiger partial charge in [-0.05, 0) is 43.7 Å². The molecule has 0 unspecified atom stereocenters. The third-order valence-electron chi connectivity index (χ3n) is 4.44. The fourth-order valence-corrected chi connectivity index (χ4v) is 3.30. The molecule has 0 aliphatic carbocycles. The number of benzene rings is 2. The van der Waals surface area contributed by atoms with Crippen LogP contribution in [-0.2, 0) is 0 Å². The maximum atomic E-state index is 13.0. The Labute approximate surface area is 140 Å². The van der Waals surface area contributed by atoms with E-state index in [1.54, 1.807) is 24.3 Å². The molecule has 2 aliphatic rings. The molecule has 0 bridgehead atoms. The highest BCUT2D eigenvalue weighted by Crippen LogP contribution is 2.31. The minimum atomic E-state index is -0.0243. The zero-order valence-corrected chi connectivity index (χ0v) is 13.4. The van der Waals surface area contributed by atoms with E-state index in [0.29, 0.717) is 17.8 Å². The molecular weight excluding hydrogens is 300 g/mol.